The van der Waals surface area contributed by atoms with Crippen molar-refractivity contribution in [2.45, 2.75) is 0 Å². The number of aromatic carboxylic acids is 1. The Bertz CT molecular complexity index is 653. The van der Waals surface area contributed by atoms with Crippen LogP contribution in [-0.4, -0.2) is 22.1 Å². The molecule has 5 nitrogen and oxygen atoms in total. The number of carbonyl (C=O) groups is 2. The highest BCUT2D eigenvalue weighted by Crippen LogP contribution is 2.25. The summed E-state index contributed by atoms with van der Waals surface area (Å²) < 4.78 is 0. The van der Waals surface area contributed by atoms with Crippen LogP contribution < -0.4 is 5.32 Å². The zero-order valence-electron chi connectivity index (χ0n) is 9.38. The van der Waals surface area contributed by atoms with Crippen LogP contribution in [0.2, 0.25) is 5.02 Å². The van der Waals surface area contributed by atoms with Crippen LogP contribution in [0, 0.1) is 0 Å². The summed E-state index contributed by atoms with van der Waals surface area (Å²) >= 11 is 6.88. The van der Waals surface area contributed by atoms with E-state index in [1.165, 1.54) is 40.3 Å². The molecular formula is C12H8ClNO4S. The highest BCUT2D eigenvalue weighted by Gasteiger charge is 2.15. The molecule has 0 bridgehead atoms. The lowest BCUT2D eigenvalue weighted by Gasteiger charge is -2.05. The number of rotatable bonds is 3. The molecule has 1 aromatic carbocycles. The summed E-state index contributed by atoms with van der Waals surface area (Å²) in [5, 5.41) is 23.7. The number of carboxylic acid groups (broad SMARTS) is 1. The third-order valence-electron chi connectivity index (χ3n) is 2.35. The van der Waals surface area contributed by atoms with Gasteiger partial charge in [0.2, 0.25) is 0 Å². The number of nitrogens with one attached hydrogen (secondary N) is 1. The molecule has 98 valence electrons. The van der Waals surface area contributed by atoms with E-state index in [1.54, 1.807) is 0 Å². The van der Waals surface area contributed by atoms with Crippen LogP contribution in [-0.2, 0) is 0 Å². The lowest BCUT2D eigenvalue weighted by atomic mass is 10.2. The average Bonchev–Trinajstić information content (AvgIpc) is 2.80. The monoisotopic (exact) mass is 297 g/mol. The summed E-state index contributed by atoms with van der Waals surface area (Å²) in [5.41, 5.74) is 0.486. The van der Waals surface area contributed by atoms with Crippen molar-refractivity contribution in [3.05, 3.63) is 45.1 Å². The molecule has 0 aliphatic rings. The molecule has 0 aliphatic carbocycles. The summed E-state index contributed by atoms with van der Waals surface area (Å²) in [6, 6.07) is 3.99. The van der Waals surface area contributed by atoms with E-state index in [9.17, 15) is 14.7 Å². The number of hydrogen-bond donors (Lipinski definition) is 3. The number of amides is 1. The summed E-state index contributed by atoms with van der Waals surface area (Å²) in [6.07, 6.45) is 0. The van der Waals surface area contributed by atoms with E-state index >= 15 is 0 Å². The summed E-state index contributed by atoms with van der Waals surface area (Å²) in [4.78, 5) is 22.8. The summed E-state index contributed by atoms with van der Waals surface area (Å²) in [6.45, 7) is 0. The zero-order valence-corrected chi connectivity index (χ0v) is 11.0. The van der Waals surface area contributed by atoms with Gasteiger partial charge in [-0.15, -0.1) is 11.3 Å². The van der Waals surface area contributed by atoms with Crippen molar-refractivity contribution in [1.29, 1.82) is 0 Å². The van der Waals surface area contributed by atoms with E-state index in [-0.39, 0.29) is 27.6 Å². The first kappa shape index (κ1) is 13.4. The fourth-order valence-electron chi connectivity index (χ4n) is 1.40. The second kappa shape index (κ2) is 5.29. The van der Waals surface area contributed by atoms with Gasteiger partial charge in [0, 0.05) is 16.3 Å². The molecule has 3 N–H and O–H groups in total. The van der Waals surface area contributed by atoms with Crippen LogP contribution in [0.4, 0.5) is 5.69 Å². The molecule has 0 saturated heterocycles. The highest BCUT2D eigenvalue weighted by atomic mass is 35.5. The number of phenolic OH excluding ortho intramolecular Hbond substituents is 1. The Balaban J connectivity index is 2.23. The number of hydrogen-bond acceptors (Lipinski definition) is 4. The molecule has 1 heterocycles. The van der Waals surface area contributed by atoms with Gasteiger partial charge in [0.15, 0.2) is 0 Å². The van der Waals surface area contributed by atoms with Gasteiger partial charge < -0.3 is 15.5 Å². The smallest absolute Gasteiger partial charge is 0.338 e. The van der Waals surface area contributed by atoms with Gasteiger partial charge in [0.25, 0.3) is 5.91 Å². The normalized spacial score (nSPS) is 10.2. The molecule has 0 saturated carbocycles. The third-order valence-corrected chi connectivity index (χ3v) is 3.40. The molecule has 0 fully saturated rings. The third kappa shape index (κ3) is 2.86. The SMILES string of the molecule is O=C(Nc1cscc1C(=O)O)c1ccc(O)c(Cl)c1. The molecule has 0 unspecified atom stereocenters. The molecule has 0 radical (unpaired) electrons. The van der Waals surface area contributed by atoms with Gasteiger partial charge in [0.05, 0.1) is 16.3 Å². The first-order chi connectivity index (χ1) is 8.99. The van der Waals surface area contributed by atoms with E-state index < -0.39 is 11.9 Å². The minimum atomic E-state index is -1.11. The number of thiophene rings is 1. The fraction of sp³-hybridized carbons (Fsp3) is 0. The molecular weight excluding hydrogens is 290 g/mol. The number of carboxylic acids is 1. The van der Waals surface area contributed by atoms with Gasteiger partial charge in [0.1, 0.15) is 5.75 Å². The quantitative estimate of drug-likeness (QED) is 0.812. The van der Waals surface area contributed by atoms with Crippen LogP contribution in [0.3, 0.4) is 0 Å². The van der Waals surface area contributed by atoms with Gasteiger partial charge in [-0.25, -0.2) is 4.79 Å². The summed E-state index contributed by atoms with van der Waals surface area (Å²) in [7, 11) is 0. The zero-order chi connectivity index (χ0) is 14.0. The molecule has 2 rings (SSSR count). The van der Waals surface area contributed by atoms with Crippen molar-refractivity contribution in [2.24, 2.45) is 0 Å². The standard InChI is InChI=1S/C12H8ClNO4S/c13-8-3-6(1-2-10(8)15)11(16)14-9-5-19-4-7(9)12(17)18/h1-5,15H,(H,14,16)(H,17,18). The largest absolute Gasteiger partial charge is 0.506 e. The number of anilines is 1. The predicted molar refractivity (Wildman–Crippen MR) is 72.3 cm³/mol. The predicted octanol–water partition coefficient (Wildman–Crippen LogP) is 3.06. The number of aromatic hydroxyl groups is 1. The maximum atomic E-state index is 11.9. The van der Waals surface area contributed by atoms with Crippen molar-refractivity contribution < 1.29 is 19.8 Å². The Morgan fingerprint density at radius 1 is 1.26 bits per heavy atom. The first-order valence-corrected chi connectivity index (χ1v) is 6.40. The van der Waals surface area contributed by atoms with Crippen molar-refractivity contribution in [3.8, 4) is 5.75 Å². The Morgan fingerprint density at radius 2 is 2.00 bits per heavy atom. The van der Waals surface area contributed by atoms with Crippen LogP contribution in [0.1, 0.15) is 20.7 Å². The Morgan fingerprint density at radius 3 is 2.63 bits per heavy atom. The van der Waals surface area contributed by atoms with Gasteiger partial charge in [-0.2, -0.15) is 0 Å². The van der Waals surface area contributed by atoms with E-state index in [1.807, 2.05) is 0 Å². The average molecular weight is 298 g/mol. The van der Waals surface area contributed by atoms with E-state index in [0.717, 1.165) is 0 Å². The van der Waals surface area contributed by atoms with Crippen LogP contribution in [0.5, 0.6) is 5.75 Å². The van der Waals surface area contributed by atoms with Crippen molar-refractivity contribution in [3.63, 3.8) is 0 Å². The van der Waals surface area contributed by atoms with E-state index in [0.29, 0.717) is 0 Å². The van der Waals surface area contributed by atoms with Crippen LogP contribution in [0.15, 0.2) is 29.0 Å². The molecule has 0 aliphatic heterocycles. The Kier molecular flexibility index (Phi) is 3.73. The molecule has 1 aromatic heterocycles. The lowest BCUT2D eigenvalue weighted by molar-refractivity contribution is 0.0698. The molecule has 1 amide bonds. The van der Waals surface area contributed by atoms with Crippen LogP contribution >= 0.6 is 22.9 Å². The Hall–Kier alpha value is -2.05. The van der Waals surface area contributed by atoms with Gasteiger partial charge >= 0.3 is 5.97 Å². The lowest BCUT2D eigenvalue weighted by Crippen LogP contribution is -2.13. The van der Waals surface area contributed by atoms with Gasteiger partial charge in [-0.3, -0.25) is 4.79 Å². The fourth-order valence-corrected chi connectivity index (χ4v) is 2.34. The Labute approximate surface area is 117 Å². The molecule has 7 heteroatoms. The molecule has 0 atom stereocenters. The highest BCUT2D eigenvalue weighted by molar-refractivity contribution is 7.08. The van der Waals surface area contributed by atoms with Crippen molar-refractivity contribution in [2.75, 3.05) is 5.32 Å². The minimum absolute atomic E-state index is 0.0308. The number of carbonyl (C=O) groups excluding carboxylic acids is 1. The van der Waals surface area contributed by atoms with E-state index in [4.69, 9.17) is 16.7 Å². The van der Waals surface area contributed by atoms with Crippen LogP contribution in [0.25, 0.3) is 0 Å². The number of phenols is 1. The minimum Gasteiger partial charge on any atom is -0.506 e. The topological polar surface area (TPSA) is 86.6 Å². The van der Waals surface area contributed by atoms with Gasteiger partial charge in [-0.1, -0.05) is 11.6 Å². The first-order valence-electron chi connectivity index (χ1n) is 5.08. The van der Waals surface area contributed by atoms with Crippen molar-refractivity contribution in [1.82, 2.24) is 0 Å². The number of halogens is 1. The number of benzene rings is 1. The maximum absolute atomic E-state index is 11.9. The maximum Gasteiger partial charge on any atom is 0.338 e. The molecule has 19 heavy (non-hydrogen) atoms. The second-order valence-electron chi connectivity index (χ2n) is 3.62. The van der Waals surface area contributed by atoms with Crippen molar-refractivity contribution >= 4 is 40.5 Å². The van der Waals surface area contributed by atoms with Gasteiger partial charge in [-0.05, 0) is 18.2 Å². The van der Waals surface area contributed by atoms with E-state index in [2.05, 4.69) is 5.32 Å². The second-order valence-corrected chi connectivity index (χ2v) is 4.78. The molecule has 0 spiro atoms. The molecule has 2 aromatic rings. The summed E-state index contributed by atoms with van der Waals surface area (Å²) in [5.74, 6) is -1.73.